The van der Waals surface area contributed by atoms with Gasteiger partial charge in [0.25, 0.3) is 0 Å². The van der Waals surface area contributed by atoms with Crippen LogP contribution in [-0.2, 0) is 6.18 Å². The van der Waals surface area contributed by atoms with Gasteiger partial charge < -0.3 is 5.32 Å². The Labute approximate surface area is 115 Å². The SMILES string of the molecule is CNC(c1cccnc1)c1ccc(C(F)(F)F)cc1C. The fourth-order valence-corrected chi connectivity index (χ4v) is 2.22. The third kappa shape index (κ3) is 2.99. The lowest BCUT2D eigenvalue weighted by Gasteiger charge is -2.20. The minimum Gasteiger partial charge on any atom is -0.309 e. The van der Waals surface area contributed by atoms with E-state index in [1.165, 1.54) is 12.1 Å². The van der Waals surface area contributed by atoms with Gasteiger partial charge in [0.15, 0.2) is 0 Å². The van der Waals surface area contributed by atoms with Crippen LogP contribution in [0.5, 0.6) is 0 Å². The zero-order valence-electron chi connectivity index (χ0n) is 11.2. The zero-order chi connectivity index (χ0) is 14.8. The minimum atomic E-state index is -4.31. The Hall–Kier alpha value is -1.88. The molecule has 1 heterocycles. The second-order valence-electron chi connectivity index (χ2n) is 4.58. The molecular weight excluding hydrogens is 265 g/mol. The van der Waals surface area contributed by atoms with Crippen molar-refractivity contribution in [1.82, 2.24) is 10.3 Å². The van der Waals surface area contributed by atoms with Crippen molar-refractivity contribution in [3.05, 3.63) is 65.0 Å². The molecule has 0 saturated heterocycles. The monoisotopic (exact) mass is 280 g/mol. The Morgan fingerprint density at radius 1 is 1.20 bits per heavy atom. The molecule has 106 valence electrons. The second kappa shape index (κ2) is 5.63. The molecule has 1 aromatic heterocycles. The van der Waals surface area contributed by atoms with Gasteiger partial charge in [0, 0.05) is 12.4 Å². The van der Waals surface area contributed by atoms with Crippen LogP contribution >= 0.6 is 0 Å². The molecule has 0 amide bonds. The van der Waals surface area contributed by atoms with Gasteiger partial charge in [-0.3, -0.25) is 4.98 Å². The van der Waals surface area contributed by atoms with Gasteiger partial charge in [-0.1, -0.05) is 12.1 Å². The van der Waals surface area contributed by atoms with Crippen molar-refractivity contribution in [3.8, 4) is 0 Å². The normalized spacial score (nSPS) is 13.2. The molecule has 0 bridgehead atoms. The van der Waals surface area contributed by atoms with E-state index in [9.17, 15) is 13.2 Å². The molecule has 0 radical (unpaired) electrons. The topological polar surface area (TPSA) is 24.9 Å². The summed E-state index contributed by atoms with van der Waals surface area (Å²) < 4.78 is 38.0. The van der Waals surface area contributed by atoms with Crippen molar-refractivity contribution in [3.63, 3.8) is 0 Å². The number of hydrogen-bond donors (Lipinski definition) is 1. The van der Waals surface area contributed by atoms with Crippen LogP contribution in [0.4, 0.5) is 13.2 Å². The number of rotatable bonds is 3. The predicted octanol–water partition coefficient (Wildman–Crippen LogP) is 3.72. The van der Waals surface area contributed by atoms with Crippen molar-refractivity contribution >= 4 is 0 Å². The number of halogens is 3. The number of alkyl halides is 3. The second-order valence-corrected chi connectivity index (χ2v) is 4.58. The van der Waals surface area contributed by atoms with Gasteiger partial charge in [-0.15, -0.1) is 0 Å². The first-order valence-corrected chi connectivity index (χ1v) is 6.18. The molecule has 1 aromatic carbocycles. The van der Waals surface area contributed by atoms with E-state index in [-0.39, 0.29) is 6.04 Å². The third-order valence-corrected chi connectivity index (χ3v) is 3.21. The van der Waals surface area contributed by atoms with Gasteiger partial charge >= 0.3 is 6.18 Å². The number of nitrogens with zero attached hydrogens (tertiary/aromatic N) is 1. The van der Waals surface area contributed by atoms with Crippen LogP contribution < -0.4 is 5.32 Å². The van der Waals surface area contributed by atoms with E-state index in [0.29, 0.717) is 5.56 Å². The summed E-state index contributed by atoms with van der Waals surface area (Å²) >= 11 is 0. The fourth-order valence-electron chi connectivity index (χ4n) is 2.22. The van der Waals surface area contributed by atoms with Gasteiger partial charge in [0.05, 0.1) is 11.6 Å². The van der Waals surface area contributed by atoms with Crippen molar-refractivity contribution in [1.29, 1.82) is 0 Å². The molecule has 0 saturated carbocycles. The number of benzene rings is 1. The highest BCUT2D eigenvalue weighted by Gasteiger charge is 2.31. The molecule has 2 aromatic rings. The third-order valence-electron chi connectivity index (χ3n) is 3.21. The Morgan fingerprint density at radius 3 is 2.45 bits per heavy atom. The quantitative estimate of drug-likeness (QED) is 0.927. The van der Waals surface area contributed by atoms with Crippen molar-refractivity contribution in [2.45, 2.75) is 19.1 Å². The van der Waals surface area contributed by atoms with Crippen LogP contribution in [0.25, 0.3) is 0 Å². The smallest absolute Gasteiger partial charge is 0.309 e. The van der Waals surface area contributed by atoms with Gasteiger partial charge in [0.2, 0.25) is 0 Å². The molecule has 0 aliphatic rings. The van der Waals surface area contributed by atoms with Gasteiger partial charge in [-0.25, -0.2) is 0 Å². The van der Waals surface area contributed by atoms with Gasteiger partial charge in [0.1, 0.15) is 0 Å². The van der Waals surface area contributed by atoms with E-state index in [1.54, 1.807) is 32.4 Å². The number of hydrogen-bond acceptors (Lipinski definition) is 2. The van der Waals surface area contributed by atoms with Crippen LogP contribution in [0.3, 0.4) is 0 Å². The molecular formula is C15H15F3N2. The number of nitrogens with one attached hydrogen (secondary N) is 1. The molecule has 2 rings (SSSR count). The highest BCUT2D eigenvalue weighted by atomic mass is 19.4. The van der Waals surface area contributed by atoms with Crippen LogP contribution in [0.2, 0.25) is 0 Å². The van der Waals surface area contributed by atoms with Crippen LogP contribution in [-0.4, -0.2) is 12.0 Å². The summed E-state index contributed by atoms with van der Waals surface area (Å²) in [7, 11) is 1.77. The molecule has 1 unspecified atom stereocenters. The lowest BCUT2D eigenvalue weighted by Crippen LogP contribution is -2.19. The number of pyridine rings is 1. The maximum Gasteiger partial charge on any atom is 0.416 e. The summed E-state index contributed by atoms with van der Waals surface area (Å²) in [6.07, 6.45) is -0.944. The molecule has 0 aliphatic heterocycles. The Balaban J connectivity index is 2.42. The van der Waals surface area contributed by atoms with E-state index in [0.717, 1.165) is 17.2 Å². The summed E-state index contributed by atoms with van der Waals surface area (Å²) in [5, 5.41) is 3.11. The van der Waals surface area contributed by atoms with E-state index in [1.807, 2.05) is 6.07 Å². The molecule has 1 atom stereocenters. The average molecular weight is 280 g/mol. The first-order chi connectivity index (χ1) is 9.43. The molecule has 0 aliphatic carbocycles. The van der Waals surface area contributed by atoms with Crippen molar-refractivity contribution < 1.29 is 13.2 Å². The fraction of sp³-hybridized carbons (Fsp3) is 0.267. The summed E-state index contributed by atoms with van der Waals surface area (Å²) in [5.41, 5.74) is 1.70. The average Bonchev–Trinajstić information content (AvgIpc) is 2.41. The van der Waals surface area contributed by atoms with Gasteiger partial charge in [-0.2, -0.15) is 13.2 Å². The Kier molecular flexibility index (Phi) is 4.09. The first kappa shape index (κ1) is 14.5. The van der Waals surface area contributed by atoms with Crippen molar-refractivity contribution in [2.75, 3.05) is 7.05 Å². The standard InChI is InChI=1S/C15H15F3N2/c1-10-8-12(15(16,17)18)5-6-13(10)14(19-2)11-4-3-7-20-9-11/h3-9,14,19H,1-2H3. The molecule has 0 fully saturated rings. The van der Waals surface area contributed by atoms with E-state index >= 15 is 0 Å². The number of aryl methyl sites for hydroxylation is 1. The summed E-state index contributed by atoms with van der Waals surface area (Å²) in [6, 6.07) is 7.33. The highest BCUT2D eigenvalue weighted by Crippen LogP contribution is 2.32. The number of aromatic nitrogens is 1. The van der Waals surface area contributed by atoms with Crippen LogP contribution in [0.1, 0.15) is 28.3 Å². The van der Waals surface area contributed by atoms with Crippen molar-refractivity contribution in [2.24, 2.45) is 0 Å². The Morgan fingerprint density at radius 2 is 1.95 bits per heavy atom. The summed E-state index contributed by atoms with van der Waals surface area (Å²) in [6.45, 7) is 1.69. The maximum absolute atomic E-state index is 12.7. The van der Waals surface area contributed by atoms with Crippen LogP contribution in [0, 0.1) is 6.92 Å². The first-order valence-electron chi connectivity index (χ1n) is 6.18. The molecule has 5 heteroatoms. The van der Waals surface area contributed by atoms with E-state index in [2.05, 4.69) is 10.3 Å². The maximum atomic E-state index is 12.7. The molecule has 1 N–H and O–H groups in total. The molecule has 0 spiro atoms. The lowest BCUT2D eigenvalue weighted by molar-refractivity contribution is -0.137. The predicted molar refractivity (Wildman–Crippen MR) is 71.3 cm³/mol. The van der Waals surface area contributed by atoms with E-state index < -0.39 is 11.7 Å². The highest BCUT2D eigenvalue weighted by molar-refractivity contribution is 5.39. The lowest BCUT2D eigenvalue weighted by atomic mass is 9.94. The van der Waals surface area contributed by atoms with E-state index in [4.69, 9.17) is 0 Å². The zero-order valence-corrected chi connectivity index (χ0v) is 11.2. The van der Waals surface area contributed by atoms with Gasteiger partial charge in [-0.05, 0) is 48.9 Å². The minimum absolute atomic E-state index is 0.175. The van der Waals surface area contributed by atoms with Crippen LogP contribution in [0.15, 0.2) is 42.7 Å². The summed E-state index contributed by atoms with van der Waals surface area (Å²) in [5.74, 6) is 0. The molecule has 2 nitrogen and oxygen atoms in total. The summed E-state index contributed by atoms with van der Waals surface area (Å²) in [4.78, 5) is 4.05. The largest absolute Gasteiger partial charge is 0.416 e. The Bertz CT molecular complexity index is 579. The molecule has 20 heavy (non-hydrogen) atoms.